The van der Waals surface area contributed by atoms with Crippen LogP contribution in [0.2, 0.25) is 0 Å². The Labute approximate surface area is 126 Å². The van der Waals surface area contributed by atoms with Gasteiger partial charge in [0.1, 0.15) is 5.82 Å². The standard InChI is InChI=1S/C13H9BrF3N3O/c14-8-4-7(13(15,16)17)5-9(6-8)20-12(21)10-2-1-3-19-11(10)18/h1-6H,(H2,18,19)(H,20,21). The molecule has 3 N–H and O–H groups in total. The number of anilines is 2. The molecule has 1 aromatic carbocycles. The summed E-state index contributed by atoms with van der Waals surface area (Å²) in [6.07, 6.45) is -3.09. The lowest BCUT2D eigenvalue weighted by molar-refractivity contribution is -0.137. The first-order valence-corrected chi connectivity index (χ1v) is 6.46. The first kappa shape index (κ1) is 15.3. The Balaban J connectivity index is 2.30. The van der Waals surface area contributed by atoms with Gasteiger partial charge in [-0.25, -0.2) is 4.98 Å². The maximum Gasteiger partial charge on any atom is 0.416 e. The van der Waals surface area contributed by atoms with E-state index < -0.39 is 17.6 Å². The van der Waals surface area contributed by atoms with Crippen LogP contribution in [0.25, 0.3) is 0 Å². The van der Waals surface area contributed by atoms with Crippen LogP contribution in [0.1, 0.15) is 15.9 Å². The summed E-state index contributed by atoms with van der Waals surface area (Å²) < 4.78 is 38.3. The molecule has 8 heteroatoms. The fraction of sp³-hybridized carbons (Fsp3) is 0.0769. The minimum Gasteiger partial charge on any atom is -0.383 e. The summed E-state index contributed by atoms with van der Waals surface area (Å²) in [6.45, 7) is 0. The number of nitrogen functional groups attached to an aromatic ring is 1. The number of benzene rings is 1. The van der Waals surface area contributed by atoms with Crippen molar-refractivity contribution in [2.45, 2.75) is 6.18 Å². The van der Waals surface area contributed by atoms with Crippen LogP contribution in [-0.4, -0.2) is 10.9 Å². The number of alkyl halides is 3. The molecule has 0 aliphatic heterocycles. The molecule has 0 saturated carbocycles. The maximum absolute atomic E-state index is 12.7. The molecule has 0 atom stereocenters. The van der Waals surface area contributed by atoms with Crippen LogP contribution in [0.3, 0.4) is 0 Å². The van der Waals surface area contributed by atoms with E-state index in [4.69, 9.17) is 5.73 Å². The van der Waals surface area contributed by atoms with Crippen molar-refractivity contribution in [2.75, 3.05) is 11.1 Å². The van der Waals surface area contributed by atoms with Crippen molar-refractivity contribution in [1.82, 2.24) is 4.98 Å². The van der Waals surface area contributed by atoms with Crippen LogP contribution in [0, 0.1) is 0 Å². The van der Waals surface area contributed by atoms with E-state index in [0.717, 1.165) is 12.1 Å². The summed E-state index contributed by atoms with van der Waals surface area (Å²) in [5.74, 6) is -0.632. The number of carbonyl (C=O) groups excluding carboxylic acids is 1. The quantitative estimate of drug-likeness (QED) is 0.858. The fourth-order valence-electron chi connectivity index (χ4n) is 1.63. The van der Waals surface area contributed by atoms with Crippen LogP contribution in [0.5, 0.6) is 0 Å². The van der Waals surface area contributed by atoms with Gasteiger partial charge in [0.05, 0.1) is 11.1 Å². The Morgan fingerprint density at radius 2 is 2.00 bits per heavy atom. The second-order valence-corrected chi connectivity index (χ2v) is 5.03. The van der Waals surface area contributed by atoms with E-state index in [1.807, 2.05) is 0 Å². The number of nitrogens with one attached hydrogen (secondary N) is 1. The molecule has 21 heavy (non-hydrogen) atoms. The zero-order chi connectivity index (χ0) is 15.6. The molecule has 0 saturated heterocycles. The summed E-state index contributed by atoms with van der Waals surface area (Å²) in [7, 11) is 0. The smallest absolute Gasteiger partial charge is 0.383 e. The third kappa shape index (κ3) is 3.72. The second kappa shape index (κ2) is 5.72. The molecule has 0 unspecified atom stereocenters. The highest BCUT2D eigenvalue weighted by atomic mass is 79.9. The van der Waals surface area contributed by atoms with Crippen LogP contribution in [0.4, 0.5) is 24.7 Å². The number of amides is 1. The summed E-state index contributed by atoms with van der Waals surface area (Å²) in [5, 5.41) is 2.36. The summed E-state index contributed by atoms with van der Waals surface area (Å²) in [4.78, 5) is 15.7. The van der Waals surface area contributed by atoms with E-state index >= 15 is 0 Å². The molecule has 4 nitrogen and oxygen atoms in total. The van der Waals surface area contributed by atoms with Gasteiger partial charge < -0.3 is 11.1 Å². The van der Waals surface area contributed by atoms with Crippen LogP contribution in [-0.2, 0) is 6.18 Å². The molecule has 0 spiro atoms. The van der Waals surface area contributed by atoms with Gasteiger partial charge in [0.15, 0.2) is 0 Å². The van der Waals surface area contributed by atoms with Crippen LogP contribution in [0.15, 0.2) is 41.0 Å². The molecule has 0 radical (unpaired) electrons. The van der Waals surface area contributed by atoms with E-state index in [2.05, 4.69) is 26.2 Å². The molecule has 0 aliphatic rings. The zero-order valence-electron chi connectivity index (χ0n) is 10.4. The predicted octanol–water partition coefficient (Wildman–Crippen LogP) is 3.70. The molecule has 0 fully saturated rings. The molecule has 2 rings (SSSR count). The highest BCUT2D eigenvalue weighted by Crippen LogP contribution is 2.33. The number of aromatic nitrogens is 1. The van der Waals surface area contributed by atoms with E-state index in [1.165, 1.54) is 24.4 Å². The Hall–Kier alpha value is -2.09. The molecular formula is C13H9BrF3N3O. The van der Waals surface area contributed by atoms with Gasteiger partial charge in [0.25, 0.3) is 5.91 Å². The third-order valence-electron chi connectivity index (χ3n) is 2.57. The van der Waals surface area contributed by atoms with Crippen molar-refractivity contribution in [3.05, 3.63) is 52.1 Å². The Kier molecular flexibility index (Phi) is 4.17. The SMILES string of the molecule is Nc1ncccc1C(=O)Nc1cc(Br)cc(C(F)(F)F)c1. The number of hydrogen-bond acceptors (Lipinski definition) is 3. The van der Waals surface area contributed by atoms with Crippen molar-refractivity contribution in [2.24, 2.45) is 0 Å². The molecule has 2 aromatic rings. The van der Waals surface area contributed by atoms with E-state index in [0.29, 0.717) is 0 Å². The van der Waals surface area contributed by atoms with Gasteiger partial charge in [-0.3, -0.25) is 4.79 Å². The van der Waals surface area contributed by atoms with Gasteiger partial charge in [-0.15, -0.1) is 0 Å². The lowest BCUT2D eigenvalue weighted by atomic mass is 10.2. The largest absolute Gasteiger partial charge is 0.416 e. The topological polar surface area (TPSA) is 68.0 Å². The van der Waals surface area contributed by atoms with Gasteiger partial charge >= 0.3 is 6.18 Å². The number of halogens is 4. The number of rotatable bonds is 2. The van der Waals surface area contributed by atoms with E-state index in [-0.39, 0.29) is 21.5 Å². The number of nitrogens with two attached hydrogens (primary N) is 1. The highest BCUT2D eigenvalue weighted by Gasteiger charge is 2.31. The fourth-order valence-corrected chi connectivity index (χ4v) is 2.13. The number of carbonyl (C=O) groups is 1. The minimum atomic E-state index is -4.50. The molecule has 110 valence electrons. The molecular weight excluding hydrogens is 351 g/mol. The first-order valence-electron chi connectivity index (χ1n) is 5.67. The summed E-state index contributed by atoms with van der Waals surface area (Å²) in [6, 6.07) is 6.07. The number of hydrogen-bond donors (Lipinski definition) is 2. The summed E-state index contributed by atoms with van der Waals surface area (Å²) >= 11 is 2.98. The van der Waals surface area contributed by atoms with Crippen molar-refractivity contribution in [3.63, 3.8) is 0 Å². The normalized spacial score (nSPS) is 11.2. The minimum absolute atomic E-state index is 0.000965. The molecule has 1 amide bonds. The molecule has 1 heterocycles. The van der Waals surface area contributed by atoms with Crippen molar-refractivity contribution in [1.29, 1.82) is 0 Å². The average molecular weight is 360 g/mol. The molecule has 1 aromatic heterocycles. The molecule has 0 bridgehead atoms. The van der Waals surface area contributed by atoms with Crippen LogP contribution < -0.4 is 11.1 Å². The third-order valence-corrected chi connectivity index (χ3v) is 3.02. The van der Waals surface area contributed by atoms with Crippen LogP contribution >= 0.6 is 15.9 Å². The lowest BCUT2D eigenvalue weighted by Crippen LogP contribution is -2.15. The Morgan fingerprint density at radius 3 is 2.62 bits per heavy atom. The second-order valence-electron chi connectivity index (χ2n) is 4.12. The highest BCUT2D eigenvalue weighted by molar-refractivity contribution is 9.10. The van der Waals surface area contributed by atoms with E-state index in [9.17, 15) is 18.0 Å². The van der Waals surface area contributed by atoms with Gasteiger partial charge in [0, 0.05) is 16.4 Å². The summed E-state index contributed by atoms with van der Waals surface area (Å²) in [5.41, 5.74) is 4.77. The lowest BCUT2D eigenvalue weighted by Gasteiger charge is -2.11. The number of pyridine rings is 1. The maximum atomic E-state index is 12.7. The average Bonchev–Trinajstić information content (AvgIpc) is 2.37. The monoisotopic (exact) mass is 359 g/mol. The van der Waals surface area contributed by atoms with Gasteiger partial charge in [-0.1, -0.05) is 15.9 Å². The Morgan fingerprint density at radius 1 is 1.29 bits per heavy atom. The molecule has 0 aliphatic carbocycles. The predicted molar refractivity (Wildman–Crippen MR) is 75.7 cm³/mol. The van der Waals surface area contributed by atoms with Gasteiger partial charge in [-0.2, -0.15) is 13.2 Å². The van der Waals surface area contributed by atoms with Gasteiger partial charge in [0.2, 0.25) is 0 Å². The van der Waals surface area contributed by atoms with Gasteiger partial charge in [-0.05, 0) is 30.3 Å². The van der Waals surface area contributed by atoms with Crippen molar-refractivity contribution in [3.8, 4) is 0 Å². The van der Waals surface area contributed by atoms with Crippen molar-refractivity contribution < 1.29 is 18.0 Å². The number of nitrogens with zero attached hydrogens (tertiary/aromatic N) is 1. The van der Waals surface area contributed by atoms with Crippen molar-refractivity contribution >= 4 is 33.3 Å². The zero-order valence-corrected chi connectivity index (χ0v) is 12.0. The Bertz CT molecular complexity index is 689. The first-order chi connectivity index (χ1) is 9.77. The van der Waals surface area contributed by atoms with E-state index in [1.54, 1.807) is 0 Å².